The lowest BCUT2D eigenvalue weighted by Gasteiger charge is -2.10. The van der Waals surface area contributed by atoms with Gasteiger partial charge in [0.2, 0.25) is 0 Å². The fourth-order valence-electron chi connectivity index (χ4n) is 2.19. The first kappa shape index (κ1) is 21.6. The second-order valence-electron chi connectivity index (χ2n) is 6.08. The number of rotatable bonds is 10. The maximum Gasteiger partial charge on any atom is 0.107 e. The first-order chi connectivity index (χ1) is 11.0. The number of unbranched alkanes of at least 4 members (excludes halogenated alkanes) is 4. The van der Waals surface area contributed by atoms with E-state index >= 15 is 0 Å². The quantitative estimate of drug-likeness (QED) is 0.647. The van der Waals surface area contributed by atoms with Gasteiger partial charge in [-0.2, -0.15) is 0 Å². The van der Waals surface area contributed by atoms with Gasteiger partial charge in [-0.15, -0.1) is 0 Å². The van der Waals surface area contributed by atoms with Crippen LogP contribution in [0.3, 0.4) is 0 Å². The first-order valence-electron chi connectivity index (χ1n) is 8.73. The highest BCUT2D eigenvalue weighted by Gasteiger charge is 2.03. The van der Waals surface area contributed by atoms with Crippen LogP contribution in [0.15, 0.2) is 30.3 Å². The minimum absolute atomic E-state index is 0.0316. The number of benzene rings is 1. The number of carboxylic acids is 1. The lowest BCUT2D eigenvalue weighted by Crippen LogP contribution is -2.51. The molecule has 0 aliphatic heterocycles. The van der Waals surface area contributed by atoms with Crippen molar-refractivity contribution >= 4 is 5.97 Å². The molecule has 0 saturated heterocycles. The first-order valence-corrected chi connectivity index (χ1v) is 8.73. The van der Waals surface area contributed by atoms with Crippen LogP contribution in [0.4, 0.5) is 0 Å². The van der Waals surface area contributed by atoms with Crippen LogP contribution in [-0.2, 0) is 4.79 Å². The van der Waals surface area contributed by atoms with Crippen molar-refractivity contribution < 1.29 is 20.7 Å². The van der Waals surface area contributed by atoms with E-state index in [-0.39, 0.29) is 6.42 Å². The number of hydrogen-bond donors (Lipinski definition) is 2. The monoisotopic (exact) mass is 323 g/mol. The molecule has 0 saturated carbocycles. The second-order valence-corrected chi connectivity index (χ2v) is 6.08. The van der Waals surface area contributed by atoms with E-state index < -0.39 is 12.1 Å². The molecule has 0 amide bonds. The molecule has 0 aliphatic rings. The highest BCUT2D eigenvalue weighted by molar-refractivity contribution is 5.64. The van der Waals surface area contributed by atoms with Gasteiger partial charge >= 0.3 is 0 Å². The standard InChI is InChI=1S/C11H22O3.C8H11N/c1-2-3-4-5-6-7-10(12)8-9-11(13)14;1-7(9)8-5-3-2-4-6-8/h10,12H,2-9H2,1H3,(H,13,14);2-7H,9H2,1H3/t;7-/m.0/s1. The molecule has 1 unspecified atom stereocenters. The van der Waals surface area contributed by atoms with E-state index in [0.29, 0.717) is 12.5 Å². The summed E-state index contributed by atoms with van der Waals surface area (Å²) in [5.74, 6) is -1.07. The Bertz CT molecular complexity index is 393. The van der Waals surface area contributed by atoms with E-state index in [1.807, 2.05) is 18.2 Å². The molecule has 4 N–H and O–H groups in total. The average Bonchev–Trinajstić information content (AvgIpc) is 2.54. The Morgan fingerprint density at radius 3 is 2.22 bits per heavy atom. The molecule has 4 heteroatoms. The van der Waals surface area contributed by atoms with Gasteiger partial charge < -0.3 is 20.7 Å². The summed E-state index contributed by atoms with van der Waals surface area (Å²) >= 11 is 0. The highest BCUT2D eigenvalue weighted by Crippen LogP contribution is 2.10. The number of carboxylic acid groups (broad SMARTS) is 1. The van der Waals surface area contributed by atoms with Crippen LogP contribution in [0, 0.1) is 0 Å². The summed E-state index contributed by atoms with van der Waals surface area (Å²) in [7, 11) is 0. The maximum atomic E-state index is 10.1. The van der Waals surface area contributed by atoms with Crippen molar-refractivity contribution in [2.24, 2.45) is 0 Å². The molecule has 0 heterocycles. The van der Waals surface area contributed by atoms with E-state index in [2.05, 4.69) is 31.7 Å². The molecule has 0 aromatic heterocycles. The average molecular weight is 323 g/mol. The summed E-state index contributed by atoms with van der Waals surface area (Å²) in [6, 6.07) is 10.7. The predicted octanol–water partition coefficient (Wildman–Crippen LogP) is 2.23. The van der Waals surface area contributed by atoms with Crippen LogP contribution in [0.5, 0.6) is 0 Å². The SMILES string of the molecule is CCCCCCCC(O)CCC(=O)[O-].C[C@H]([NH3+])c1ccccc1. The molecule has 1 aromatic rings. The molecule has 4 nitrogen and oxygen atoms in total. The molecule has 1 aromatic carbocycles. The van der Waals surface area contributed by atoms with Gasteiger partial charge in [0.05, 0.1) is 6.10 Å². The predicted molar refractivity (Wildman–Crippen MR) is 91.4 cm³/mol. The Labute approximate surface area is 140 Å². The molecule has 0 aliphatic carbocycles. The minimum Gasteiger partial charge on any atom is -0.550 e. The molecule has 2 atom stereocenters. The van der Waals surface area contributed by atoms with Crippen LogP contribution < -0.4 is 10.8 Å². The van der Waals surface area contributed by atoms with Crippen molar-refractivity contribution in [3.8, 4) is 0 Å². The lowest BCUT2D eigenvalue weighted by molar-refractivity contribution is -0.420. The van der Waals surface area contributed by atoms with Crippen LogP contribution in [0.25, 0.3) is 0 Å². The van der Waals surface area contributed by atoms with Crippen molar-refractivity contribution in [3.05, 3.63) is 35.9 Å². The van der Waals surface area contributed by atoms with Gasteiger partial charge in [0.1, 0.15) is 6.04 Å². The third kappa shape index (κ3) is 14.0. The summed E-state index contributed by atoms with van der Waals surface area (Å²) in [5.41, 5.74) is 5.21. The van der Waals surface area contributed by atoms with Crippen molar-refractivity contribution in [1.29, 1.82) is 0 Å². The fourth-order valence-corrected chi connectivity index (χ4v) is 2.19. The smallest absolute Gasteiger partial charge is 0.107 e. The molecular formula is C19H33NO3. The number of quaternary nitrogens is 1. The Morgan fingerprint density at radius 2 is 1.74 bits per heavy atom. The molecule has 0 fully saturated rings. The summed E-state index contributed by atoms with van der Waals surface area (Å²) < 4.78 is 0. The van der Waals surface area contributed by atoms with Gasteiger partial charge in [0.15, 0.2) is 0 Å². The number of carbonyl (C=O) groups excluding carboxylic acids is 1. The molecule has 23 heavy (non-hydrogen) atoms. The number of aliphatic hydroxyl groups is 1. The highest BCUT2D eigenvalue weighted by atomic mass is 16.4. The van der Waals surface area contributed by atoms with E-state index in [9.17, 15) is 15.0 Å². The van der Waals surface area contributed by atoms with Gasteiger partial charge in [-0.05, 0) is 26.2 Å². The third-order valence-electron chi connectivity index (χ3n) is 3.69. The normalized spacial score (nSPS) is 12.9. The molecule has 1 rings (SSSR count). The van der Waals surface area contributed by atoms with E-state index in [4.69, 9.17) is 0 Å². The summed E-state index contributed by atoms with van der Waals surface area (Å²) in [4.78, 5) is 10.1. The summed E-state index contributed by atoms with van der Waals surface area (Å²) in [6.07, 6.45) is 6.36. The second kappa shape index (κ2) is 14.2. The number of aliphatic carboxylic acids is 1. The Morgan fingerprint density at radius 1 is 1.13 bits per heavy atom. The Hall–Kier alpha value is -1.39. The summed E-state index contributed by atoms with van der Waals surface area (Å²) in [6.45, 7) is 4.25. The lowest BCUT2D eigenvalue weighted by atomic mass is 10.1. The molecule has 132 valence electrons. The summed E-state index contributed by atoms with van der Waals surface area (Å²) in [5, 5.41) is 19.5. The zero-order chi connectivity index (χ0) is 17.5. The Kier molecular flexibility index (Phi) is 13.4. The fraction of sp³-hybridized carbons (Fsp3) is 0.632. The zero-order valence-corrected chi connectivity index (χ0v) is 14.7. The maximum absolute atomic E-state index is 10.1. The molecular weight excluding hydrogens is 290 g/mol. The molecule has 0 spiro atoms. The van der Waals surface area contributed by atoms with Crippen LogP contribution in [0.1, 0.15) is 76.8 Å². The van der Waals surface area contributed by atoms with E-state index in [0.717, 1.165) is 19.3 Å². The number of hydrogen-bond acceptors (Lipinski definition) is 3. The minimum atomic E-state index is -1.07. The molecule has 0 radical (unpaired) electrons. The van der Waals surface area contributed by atoms with Crippen LogP contribution in [0.2, 0.25) is 0 Å². The van der Waals surface area contributed by atoms with Gasteiger partial charge in [-0.3, -0.25) is 0 Å². The van der Waals surface area contributed by atoms with Gasteiger partial charge in [-0.1, -0.05) is 69.4 Å². The Balaban J connectivity index is 0.000000459. The van der Waals surface area contributed by atoms with Gasteiger partial charge in [-0.25, -0.2) is 0 Å². The number of aliphatic hydroxyl groups excluding tert-OH is 1. The third-order valence-corrected chi connectivity index (χ3v) is 3.69. The largest absolute Gasteiger partial charge is 0.550 e. The van der Waals surface area contributed by atoms with E-state index in [1.165, 1.54) is 24.8 Å². The zero-order valence-electron chi connectivity index (χ0n) is 14.7. The van der Waals surface area contributed by atoms with E-state index in [1.54, 1.807) is 0 Å². The molecule has 0 bridgehead atoms. The van der Waals surface area contributed by atoms with Crippen molar-refractivity contribution in [2.45, 2.75) is 77.4 Å². The van der Waals surface area contributed by atoms with Gasteiger partial charge in [0.25, 0.3) is 0 Å². The van der Waals surface area contributed by atoms with Crippen molar-refractivity contribution in [1.82, 2.24) is 0 Å². The number of carbonyl (C=O) groups is 1. The van der Waals surface area contributed by atoms with Gasteiger partial charge in [0, 0.05) is 11.5 Å². The van der Waals surface area contributed by atoms with Crippen molar-refractivity contribution in [2.75, 3.05) is 0 Å². The topological polar surface area (TPSA) is 88.0 Å². The van der Waals surface area contributed by atoms with Crippen LogP contribution >= 0.6 is 0 Å². The van der Waals surface area contributed by atoms with Crippen LogP contribution in [-0.4, -0.2) is 17.2 Å². The van der Waals surface area contributed by atoms with Crippen molar-refractivity contribution in [3.63, 3.8) is 0 Å².